The SMILES string of the molecule is C=C/C(=C\C=C(\O)C=C)CC(NCC)C(C)=O. The molecule has 0 bridgehead atoms. The van der Waals surface area contributed by atoms with Gasteiger partial charge in [0.1, 0.15) is 11.5 Å². The lowest BCUT2D eigenvalue weighted by Crippen LogP contribution is -2.35. The summed E-state index contributed by atoms with van der Waals surface area (Å²) < 4.78 is 0. The molecule has 17 heavy (non-hydrogen) atoms. The lowest BCUT2D eigenvalue weighted by atomic mass is 10.0. The van der Waals surface area contributed by atoms with Crippen LogP contribution in [0, 0.1) is 0 Å². The Morgan fingerprint density at radius 1 is 1.35 bits per heavy atom. The molecule has 1 atom stereocenters. The minimum Gasteiger partial charge on any atom is -0.508 e. The van der Waals surface area contributed by atoms with Gasteiger partial charge < -0.3 is 10.4 Å². The Bertz CT molecular complexity index is 340. The number of Topliss-reactive ketones (excluding diaryl/α,β-unsaturated/α-hetero) is 1. The molecule has 2 N–H and O–H groups in total. The van der Waals surface area contributed by atoms with Gasteiger partial charge in [0.25, 0.3) is 0 Å². The molecular weight excluding hydrogens is 214 g/mol. The molecule has 1 unspecified atom stereocenters. The number of likely N-dealkylation sites (N-methyl/N-ethyl adjacent to an activating group) is 1. The van der Waals surface area contributed by atoms with E-state index in [1.54, 1.807) is 19.1 Å². The Balaban J connectivity index is 4.72. The maximum Gasteiger partial charge on any atom is 0.147 e. The highest BCUT2D eigenvalue weighted by molar-refractivity contribution is 5.81. The molecule has 3 heteroatoms. The Hall–Kier alpha value is -1.61. The molecule has 0 saturated carbocycles. The van der Waals surface area contributed by atoms with Crippen LogP contribution in [0.3, 0.4) is 0 Å². The lowest BCUT2D eigenvalue weighted by Gasteiger charge is -2.14. The molecule has 0 aromatic rings. The first-order chi connectivity index (χ1) is 8.04. The van der Waals surface area contributed by atoms with Gasteiger partial charge in [-0.15, -0.1) is 0 Å². The fourth-order valence-corrected chi connectivity index (χ4v) is 1.32. The fraction of sp³-hybridized carbons (Fsp3) is 0.357. The van der Waals surface area contributed by atoms with E-state index in [0.29, 0.717) is 6.42 Å². The van der Waals surface area contributed by atoms with Gasteiger partial charge in [-0.2, -0.15) is 0 Å². The summed E-state index contributed by atoms with van der Waals surface area (Å²) in [5.74, 6) is 0.184. The average Bonchev–Trinajstić information content (AvgIpc) is 2.32. The molecule has 0 amide bonds. The molecule has 0 radical (unpaired) electrons. The van der Waals surface area contributed by atoms with E-state index in [1.165, 1.54) is 12.2 Å². The number of ketones is 1. The van der Waals surface area contributed by atoms with Crippen LogP contribution in [0.15, 0.2) is 48.8 Å². The van der Waals surface area contributed by atoms with Gasteiger partial charge in [-0.25, -0.2) is 0 Å². The van der Waals surface area contributed by atoms with Crippen molar-refractivity contribution < 1.29 is 9.90 Å². The summed E-state index contributed by atoms with van der Waals surface area (Å²) >= 11 is 0. The third kappa shape index (κ3) is 6.53. The van der Waals surface area contributed by atoms with E-state index in [2.05, 4.69) is 18.5 Å². The number of carbonyl (C=O) groups is 1. The van der Waals surface area contributed by atoms with Crippen LogP contribution in [0.1, 0.15) is 20.3 Å². The molecule has 0 aliphatic rings. The van der Waals surface area contributed by atoms with Gasteiger partial charge in [0, 0.05) is 0 Å². The topological polar surface area (TPSA) is 49.3 Å². The van der Waals surface area contributed by atoms with Gasteiger partial charge in [0.2, 0.25) is 0 Å². The van der Waals surface area contributed by atoms with Crippen molar-refractivity contribution in [2.24, 2.45) is 0 Å². The van der Waals surface area contributed by atoms with Crippen molar-refractivity contribution in [3.05, 3.63) is 48.8 Å². The summed E-state index contributed by atoms with van der Waals surface area (Å²) in [5.41, 5.74) is 0.888. The van der Waals surface area contributed by atoms with Gasteiger partial charge in [-0.1, -0.05) is 32.2 Å². The van der Waals surface area contributed by atoms with E-state index in [9.17, 15) is 9.90 Å². The number of aliphatic hydroxyl groups excluding tert-OH is 1. The van der Waals surface area contributed by atoms with Crippen LogP contribution in [0.5, 0.6) is 0 Å². The summed E-state index contributed by atoms with van der Waals surface area (Å²) in [6.07, 6.45) is 6.86. The van der Waals surface area contributed by atoms with E-state index in [0.717, 1.165) is 12.1 Å². The number of carbonyl (C=O) groups excluding carboxylic acids is 1. The Morgan fingerprint density at radius 2 is 2.00 bits per heavy atom. The van der Waals surface area contributed by atoms with Crippen molar-refractivity contribution in [1.29, 1.82) is 0 Å². The zero-order valence-corrected chi connectivity index (χ0v) is 10.6. The fourth-order valence-electron chi connectivity index (χ4n) is 1.32. The number of hydrogen-bond acceptors (Lipinski definition) is 3. The summed E-state index contributed by atoms with van der Waals surface area (Å²) in [6.45, 7) is 11.4. The minimum absolute atomic E-state index is 0.0900. The summed E-state index contributed by atoms with van der Waals surface area (Å²) in [4.78, 5) is 11.4. The lowest BCUT2D eigenvalue weighted by molar-refractivity contribution is -0.118. The highest BCUT2D eigenvalue weighted by atomic mass is 16.3. The number of allylic oxidation sites excluding steroid dienone is 4. The number of aliphatic hydroxyl groups is 1. The molecule has 0 saturated heterocycles. The number of rotatable bonds is 8. The Morgan fingerprint density at radius 3 is 2.41 bits per heavy atom. The van der Waals surface area contributed by atoms with Crippen LogP contribution >= 0.6 is 0 Å². The van der Waals surface area contributed by atoms with Gasteiger partial charge in [0.15, 0.2) is 0 Å². The first-order valence-electron chi connectivity index (χ1n) is 5.63. The minimum atomic E-state index is -0.205. The van der Waals surface area contributed by atoms with Crippen molar-refractivity contribution in [3.8, 4) is 0 Å². The molecule has 0 rings (SSSR count). The van der Waals surface area contributed by atoms with Gasteiger partial charge in [-0.05, 0) is 37.6 Å². The van der Waals surface area contributed by atoms with Gasteiger partial charge in [-0.3, -0.25) is 4.79 Å². The van der Waals surface area contributed by atoms with Crippen LogP contribution in [-0.4, -0.2) is 23.5 Å². The third-order valence-electron chi connectivity index (χ3n) is 2.32. The van der Waals surface area contributed by atoms with Crippen molar-refractivity contribution in [3.63, 3.8) is 0 Å². The van der Waals surface area contributed by atoms with Gasteiger partial charge in [0.05, 0.1) is 6.04 Å². The normalized spacial score (nSPS) is 14.2. The molecule has 0 aromatic heterocycles. The van der Waals surface area contributed by atoms with Crippen LogP contribution < -0.4 is 5.32 Å². The first kappa shape index (κ1) is 15.4. The molecule has 0 spiro atoms. The molecule has 0 heterocycles. The molecular formula is C14H21NO2. The first-order valence-corrected chi connectivity index (χ1v) is 5.63. The van der Waals surface area contributed by atoms with E-state index >= 15 is 0 Å². The summed E-state index contributed by atoms with van der Waals surface area (Å²) in [6, 6.07) is -0.205. The smallest absolute Gasteiger partial charge is 0.147 e. The molecule has 0 aliphatic carbocycles. The van der Waals surface area contributed by atoms with E-state index < -0.39 is 0 Å². The van der Waals surface area contributed by atoms with Crippen molar-refractivity contribution in [2.75, 3.05) is 6.54 Å². The van der Waals surface area contributed by atoms with Crippen molar-refractivity contribution >= 4 is 5.78 Å². The van der Waals surface area contributed by atoms with Crippen LogP contribution in [0.25, 0.3) is 0 Å². The maximum absolute atomic E-state index is 11.4. The van der Waals surface area contributed by atoms with E-state index in [4.69, 9.17) is 0 Å². The Kier molecular flexibility index (Phi) is 7.72. The zero-order chi connectivity index (χ0) is 13.3. The highest BCUT2D eigenvalue weighted by Gasteiger charge is 2.12. The third-order valence-corrected chi connectivity index (χ3v) is 2.32. The standard InChI is InChI=1S/C14H21NO2/c1-5-12(8-9-13(17)6-2)10-14(11(4)16)15-7-3/h5-6,8-9,14-15,17H,1-2,7,10H2,3-4H3/b12-8+,13-9+. The molecule has 3 nitrogen and oxygen atoms in total. The average molecular weight is 235 g/mol. The van der Waals surface area contributed by atoms with E-state index in [1.807, 2.05) is 6.92 Å². The highest BCUT2D eigenvalue weighted by Crippen LogP contribution is 2.09. The summed E-state index contributed by atoms with van der Waals surface area (Å²) in [5, 5.41) is 12.3. The summed E-state index contributed by atoms with van der Waals surface area (Å²) in [7, 11) is 0. The predicted octanol–water partition coefficient (Wildman–Crippen LogP) is 2.68. The molecule has 94 valence electrons. The van der Waals surface area contributed by atoms with E-state index in [-0.39, 0.29) is 17.6 Å². The van der Waals surface area contributed by atoms with Crippen LogP contribution in [0.4, 0.5) is 0 Å². The second-order valence-corrected chi connectivity index (χ2v) is 3.67. The van der Waals surface area contributed by atoms with Gasteiger partial charge >= 0.3 is 0 Å². The van der Waals surface area contributed by atoms with Crippen molar-refractivity contribution in [2.45, 2.75) is 26.3 Å². The Labute approximate surface area is 103 Å². The molecule has 0 fully saturated rings. The van der Waals surface area contributed by atoms with Crippen molar-refractivity contribution in [1.82, 2.24) is 5.32 Å². The largest absolute Gasteiger partial charge is 0.508 e. The number of nitrogens with one attached hydrogen (secondary N) is 1. The second kappa shape index (κ2) is 8.53. The van der Waals surface area contributed by atoms with Crippen LogP contribution in [0.2, 0.25) is 0 Å². The molecule has 0 aliphatic heterocycles. The maximum atomic E-state index is 11.4. The predicted molar refractivity (Wildman–Crippen MR) is 72.0 cm³/mol. The van der Waals surface area contributed by atoms with Crippen LogP contribution in [-0.2, 0) is 4.79 Å². The number of hydrogen-bond donors (Lipinski definition) is 2. The second-order valence-electron chi connectivity index (χ2n) is 3.67. The monoisotopic (exact) mass is 235 g/mol. The quantitative estimate of drug-likeness (QED) is 0.502. The molecule has 0 aromatic carbocycles. The zero-order valence-electron chi connectivity index (χ0n) is 10.6.